The molecule has 4 rings (SSSR count). The summed E-state index contributed by atoms with van der Waals surface area (Å²) < 4.78 is 92.9. The molecule has 0 radical (unpaired) electrons. The monoisotopic (exact) mass is 586 g/mol. The average molecular weight is 587 g/mol. The molecule has 2 heterocycles. The topological polar surface area (TPSA) is 80.1 Å². The lowest BCUT2D eigenvalue weighted by atomic mass is 10.1. The predicted molar refractivity (Wildman–Crippen MR) is 137 cm³/mol. The fourth-order valence-corrected chi connectivity index (χ4v) is 4.42. The molecule has 1 fully saturated rings. The summed E-state index contributed by atoms with van der Waals surface area (Å²) in [6.07, 6.45) is -10.8. The smallest absolute Gasteiger partial charge is 0.497 e. The first-order valence-corrected chi connectivity index (χ1v) is 12.7. The first-order chi connectivity index (χ1) is 19.4. The molecule has 14 heteroatoms. The molecule has 2 aromatic carbocycles. The van der Waals surface area contributed by atoms with E-state index in [2.05, 4.69) is 20.1 Å². The van der Waals surface area contributed by atoms with Crippen molar-refractivity contribution in [1.82, 2.24) is 15.4 Å². The molecule has 1 aliphatic heterocycles. The van der Waals surface area contributed by atoms with Crippen LogP contribution in [0.4, 0.5) is 32.0 Å². The summed E-state index contributed by atoms with van der Waals surface area (Å²) in [5.41, 5.74) is 1.38. The SMILES string of the molecule is COc1ccc(-c2noc(C)c2C(=O)NCCCN2CCN(c3ccc(F)cc3OC(F)(F)C(F)(F)F)CC2)cc1. The highest BCUT2D eigenvalue weighted by Gasteiger charge is 2.61. The van der Waals surface area contributed by atoms with Gasteiger partial charge in [0.2, 0.25) is 0 Å². The van der Waals surface area contributed by atoms with Gasteiger partial charge in [-0.3, -0.25) is 9.69 Å². The lowest BCUT2D eigenvalue weighted by Gasteiger charge is -2.37. The van der Waals surface area contributed by atoms with E-state index in [9.17, 15) is 31.1 Å². The van der Waals surface area contributed by atoms with Crippen LogP contribution in [0.25, 0.3) is 11.3 Å². The van der Waals surface area contributed by atoms with Crippen molar-refractivity contribution in [3.05, 3.63) is 59.6 Å². The summed E-state index contributed by atoms with van der Waals surface area (Å²) in [4.78, 5) is 16.5. The number of rotatable bonds is 10. The summed E-state index contributed by atoms with van der Waals surface area (Å²) in [6, 6.07) is 9.66. The van der Waals surface area contributed by atoms with Gasteiger partial charge in [-0.1, -0.05) is 5.16 Å². The van der Waals surface area contributed by atoms with E-state index in [0.29, 0.717) is 67.0 Å². The molecule has 0 aliphatic carbocycles. The van der Waals surface area contributed by atoms with Crippen molar-refractivity contribution in [1.29, 1.82) is 0 Å². The Kier molecular flexibility index (Phi) is 9.00. The number of anilines is 1. The van der Waals surface area contributed by atoms with E-state index in [-0.39, 0.29) is 24.7 Å². The molecule has 8 nitrogen and oxygen atoms in total. The number of benzene rings is 2. The van der Waals surface area contributed by atoms with Crippen LogP contribution in [-0.2, 0) is 0 Å². The molecule has 0 spiro atoms. The lowest BCUT2D eigenvalue weighted by molar-refractivity contribution is -0.360. The second-order valence-electron chi connectivity index (χ2n) is 9.36. The van der Waals surface area contributed by atoms with Crippen molar-refractivity contribution in [2.45, 2.75) is 25.6 Å². The molecular weight excluding hydrogens is 558 g/mol. The van der Waals surface area contributed by atoms with Gasteiger partial charge in [0.1, 0.15) is 28.6 Å². The van der Waals surface area contributed by atoms with E-state index in [1.54, 1.807) is 43.2 Å². The van der Waals surface area contributed by atoms with Gasteiger partial charge in [0.25, 0.3) is 5.91 Å². The Bertz CT molecular complexity index is 1340. The molecule has 0 bridgehead atoms. The number of nitrogens with one attached hydrogen (secondary N) is 1. The number of methoxy groups -OCH3 is 1. The number of halogens is 6. The summed E-state index contributed by atoms with van der Waals surface area (Å²) in [5, 5.41) is 6.89. The molecule has 1 aromatic heterocycles. The number of nitrogens with zero attached hydrogens (tertiary/aromatic N) is 3. The molecular formula is C27H28F6N4O4. The minimum atomic E-state index is -5.95. The highest BCUT2D eigenvalue weighted by atomic mass is 19.4. The number of aromatic nitrogens is 1. The summed E-state index contributed by atoms with van der Waals surface area (Å²) in [6.45, 7) is 4.11. The number of amides is 1. The van der Waals surface area contributed by atoms with Crippen LogP contribution in [0, 0.1) is 12.7 Å². The fourth-order valence-electron chi connectivity index (χ4n) is 4.42. The fraction of sp³-hybridized carbons (Fsp3) is 0.407. The summed E-state index contributed by atoms with van der Waals surface area (Å²) >= 11 is 0. The zero-order chi connectivity index (χ0) is 29.8. The van der Waals surface area contributed by atoms with Crippen molar-refractivity contribution < 1.29 is 45.1 Å². The van der Waals surface area contributed by atoms with Gasteiger partial charge in [-0.2, -0.15) is 22.0 Å². The van der Waals surface area contributed by atoms with E-state index < -0.39 is 23.9 Å². The number of hydrogen-bond donors (Lipinski definition) is 1. The molecule has 3 aromatic rings. The van der Waals surface area contributed by atoms with Crippen LogP contribution >= 0.6 is 0 Å². The van der Waals surface area contributed by atoms with E-state index in [1.807, 2.05) is 0 Å². The first kappa shape index (κ1) is 30.0. The van der Waals surface area contributed by atoms with Crippen LogP contribution in [0.3, 0.4) is 0 Å². The molecule has 0 saturated carbocycles. The van der Waals surface area contributed by atoms with E-state index in [4.69, 9.17) is 9.26 Å². The number of alkyl halides is 5. The molecule has 1 N–H and O–H groups in total. The summed E-state index contributed by atoms with van der Waals surface area (Å²) in [5.74, 6) is -1.18. The number of aryl methyl sites for hydroxylation is 1. The van der Waals surface area contributed by atoms with Crippen LogP contribution in [0.2, 0.25) is 0 Å². The molecule has 0 atom stereocenters. The van der Waals surface area contributed by atoms with Crippen molar-refractivity contribution in [2.75, 3.05) is 51.3 Å². The first-order valence-electron chi connectivity index (χ1n) is 12.7. The number of piperazine rings is 1. The third kappa shape index (κ3) is 7.04. The highest BCUT2D eigenvalue weighted by Crippen LogP contribution is 2.41. The standard InChI is InChI=1S/C27H28F6N4O4/c1-17-23(24(35-41-17)18-4-7-20(39-2)8-5-18)25(38)34-10-3-11-36-12-14-37(15-13-36)21-9-6-19(28)16-22(21)40-27(32,33)26(29,30)31/h4-9,16H,3,10-15H2,1-2H3,(H,34,38). The van der Waals surface area contributed by atoms with Gasteiger partial charge in [-0.25, -0.2) is 4.39 Å². The Morgan fingerprint density at radius 2 is 1.73 bits per heavy atom. The largest absolute Gasteiger partial charge is 0.499 e. The Morgan fingerprint density at radius 1 is 1.05 bits per heavy atom. The zero-order valence-corrected chi connectivity index (χ0v) is 22.2. The number of ether oxygens (including phenoxy) is 2. The number of carbonyl (C=O) groups excluding carboxylic acids is 1. The molecule has 1 aliphatic rings. The maximum absolute atomic E-state index is 13.7. The van der Waals surface area contributed by atoms with Crippen LogP contribution < -0.4 is 19.7 Å². The van der Waals surface area contributed by atoms with Crippen LogP contribution in [0.1, 0.15) is 22.5 Å². The van der Waals surface area contributed by atoms with Gasteiger partial charge < -0.3 is 24.2 Å². The van der Waals surface area contributed by atoms with E-state index >= 15 is 0 Å². The van der Waals surface area contributed by atoms with Crippen molar-refractivity contribution in [2.24, 2.45) is 0 Å². The summed E-state index contributed by atoms with van der Waals surface area (Å²) in [7, 11) is 1.55. The zero-order valence-electron chi connectivity index (χ0n) is 22.2. The van der Waals surface area contributed by atoms with E-state index in [1.165, 1.54) is 0 Å². The Balaban J connectivity index is 1.28. The molecule has 222 valence electrons. The predicted octanol–water partition coefficient (Wildman–Crippen LogP) is 5.27. The third-order valence-electron chi connectivity index (χ3n) is 6.59. The Morgan fingerprint density at radius 3 is 2.37 bits per heavy atom. The van der Waals surface area contributed by atoms with Crippen molar-refractivity contribution in [3.8, 4) is 22.8 Å². The van der Waals surface area contributed by atoms with Gasteiger partial charge in [-0.05, 0) is 56.3 Å². The molecule has 1 saturated heterocycles. The highest BCUT2D eigenvalue weighted by molar-refractivity contribution is 6.00. The second kappa shape index (κ2) is 12.3. The molecule has 41 heavy (non-hydrogen) atoms. The normalized spacial score (nSPS) is 14.7. The van der Waals surface area contributed by atoms with Crippen LogP contribution in [0.15, 0.2) is 47.0 Å². The minimum absolute atomic E-state index is 0.0565. The van der Waals surface area contributed by atoms with Gasteiger partial charge >= 0.3 is 12.3 Å². The van der Waals surface area contributed by atoms with Crippen molar-refractivity contribution >= 4 is 11.6 Å². The maximum atomic E-state index is 13.7. The van der Waals surface area contributed by atoms with Gasteiger partial charge in [0, 0.05) is 44.4 Å². The third-order valence-corrected chi connectivity index (χ3v) is 6.59. The number of carbonyl (C=O) groups is 1. The quantitative estimate of drug-likeness (QED) is 0.256. The average Bonchev–Trinajstić information content (AvgIpc) is 3.32. The van der Waals surface area contributed by atoms with Crippen LogP contribution in [-0.4, -0.2) is 74.6 Å². The van der Waals surface area contributed by atoms with Gasteiger partial charge in [0.15, 0.2) is 5.75 Å². The Labute approximate surface area is 231 Å². The maximum Gasteiger partial charge on any atom is 0.499 e. The van der Waals surface area contributed by atoms with E-state index in [0.717, 1.165) is 12.1 Å². The van der Waals surface area contributed by atoms with Gasteiger partial charge in [0.05, 0.1) is 12.8 Å². The molecule has 1 amide bonds. The van der Waals surface area contributed by atoms with Gasteiger partial charge in [-0.15, -0.1) is 0 Å². The Hall–Kier alpha value is -3.94. The minimum Gasteiger partial charge on any atom is -0.497 e. The number of hydrogen-bond acceptors (Lipinski definition) is 7. The van der Waals surface area contributed by atoms with Crippen LogP contribution in [0.5, 0.6) is 11.5 Å². The molecule has 0 unspecified atom stereocenters. The second-order valence-corrected chi connectivity index (χ2v) is 9.36. The lowest BCUT2D eigenvalue weighted by Crippen LogP contribution is -2.47. The van der Waals surface area contributed by atoms with Crippen molar-refractivity contribution in [3.63, 3.8) is 0 Å².